The molecular weight excluding hydrogens is 128 g/mol. The van der Waals surface area contributed by atoms with E-state index in [4.69, 9.17) is 0 Å². The Morgan fingerprint density at radius 3 is 3.10 bits per heavy atom. The molecule has 0 aromatic carbocycles. The predicted molar refractivity (Wildman–Crippen MR) is 39.7 cm³/mol. The summed E-state index contributed by atoms with van der Waals surface area (Å²) in [4.78, 5) is 12.2. The lowest BCUT2D eigenvalue weighted by molar-refractivity contribution is -0.109. The topological polar surface area (TPSA) is 32.3 Å². The van der Waals surface area contributed by atoms with E-state index < -0.39 is 0 Å². The van der Waals surface area contributed by atoms with Crippen molar-refractivity contribution in [3.8, 4) is 0 Å². The molecule has 1 fully saturated rings. The first-order valence-corrected chi connectivity index (χ1v) is 3.72. The fourth-order valence-electron chi connectivity index (χ4n) is 1.42. The second-order valence-electron chi connectivity index (χ2n) is 2.80. The first-order chi connectivity index (χ1) is 4.84. The smallest absolute Gasteiger partial charge is 0.207 e. The largest absolute Gasteiger partial charge is 0.357 e. The molecular formula is C7H14N2O. The lowest BCUT2D eigenvalue weighted by Gasteiger charge is -2.17. The van der Waals surface area contributed by atoms with Gasteiger partial charge in [-0.1, -0.05) is 0 Å². The molecule has 10 heavy (non-hydrogen) atoms. The van der Waals surface area contributed by atoms with Gasteiger partial charge >= 0.3 is 0 Å². The number of amides is 1. The van der Waals surface area contributed by atoms with Gasteiger partial charge in [-0.25, -0.2) is 0 Å². The predicted octanol–water partition coefficient (Wildman–Crippen LogP) is -0.173. The minimum atomic E-state index is 0.574. The monoisotopic (exact) mass is 142 g/mol. The van der Waals surface area contributed by atoms with Crippen LogP contribution in [0.15, 0.2) is 0 Å². The van der Waals surface area contributed by atoms with Crippen molar-refractivity contribution in [3.63, 3.8) is 0 Å². The van der Waals surface area contributed by atoms with Crippen molar-refractivity contribution in [2.24, 2.45) is 0 Å². The van der Waals surface area contributed by atoms with Gasteiger partial charge in [0.15, 0.2) is 0 Å². The number of carbonyl (C=O) groups is 1. The SMILES string of the molecule is CN1CCCC1CNC=O. The highest BCUT2D eigenvalue weighted by Crippen LogP contribution is 2.12. The van der Waals surface area contributed by atoms with E-state index >= 15 is 0 Å². The van der Waals surface area contributed by atoms with E-state index in [0.29, 0.717) is 6.04 Å². The quantitative estimate of drug-likeness (QED) is 0.555. The van der Waals surface area contributed by atoms with Gasteiger partial charge in [-0.05, 0) is 26.4 Å². The maximum atomic E-state index is 9.94. The van der Waals surface area contributed by atoms with Gasteiger partial charge in [0.05, 0.1) is 0 Å². The zero-order chi connectivity index (χ0) is 7.40. The maximum absolute atomic E-state index is 9.94. The summed E-state index contributed by atoms with van der Waals surface area (Å²) in [6.45, 7) is 1.98. The highest BCUT2D eigenvalue weighted by Gasteiger charge is 2.19. The highest BCUT2D eigenvalue weighted by atomic mass is 16.1. The average molecular weight is 142 g/mol. The van der Waals surface area contributed by atoms with Crippen LogP contribution in [-0.2, 0) is 4.79 Å². The Morgan fingerprint density at radius 1 is 1.80 bits per heavy atom. The van der Waals surface area contributed by atoms with Crippen molar-refractivity contribution in [2.45, 2.75) is 18.9 Å². The van der Waals surface area contributed by atoms with Crippen molar-refractivity contribution < 1.29 is 4.79 Å². The molecule has 0 aliphatic carbocycles. The van der Waals surface area contributed by atoms with Crippen LogP contribution in [0.1, 0.15) is 12.8 Å². The summed E-state index contributed by atoms with van der Waals surface area (Å²) >= 11 is 0. The Balaban J connectivity index is 2.19. The van der Waals surface area contributed by atoms with E-state index in [1.807, 2.05) is 0 Å². The van der Waals surface area contributed by atoms with Crippen LogP contribution in [0, 0.1) is 0 Å². The molecule has 0 radical (unpaired) electrons. The zero-order valence-corrected chi connectivity index (χ0v) is 6.34. The summed E-state index contributed by atoms with van der Waals surface area (Å²) in [6.07, 6.45) is 3.26. The number of likely N-dealkylation sites (tertiary alicyclic amines) is 1. The molecule has 1 saturated heterocycles. The number of likely N-dealkylation sites (N-methyl/N-ethyl adjacent to an activating group) is 1. The number of nitrogens with zero attached hydrogens (tertiary/aromatic N) is 1. The second kappa shape index (κ2) is 3.56. The molecule has 1 rings (SSSR count). The van der Waals surface area contributed by atoms with Gasteiger partial charge in [-0.15, -0.1) is 0 Å². The highest BCUT2D eigenvalue weighted by molar-refractivity contribution is 5.45. The molecule has 58 valence electrons. The molecule has 1 heterocycles. The van der Waals surface area contributed by atoms with Gasteiger partial charge in [0.2, 0.25) is 6.41 Å². The molecule has 3 heteroatoms. The molecule has 1 aliphatic rings. The molecule has 0 aromatic heterocycles. The normalized spacial score (nSPS) is 26.7. The Morgan fingerprint density at radius 2 is 2.60 bits per heavy atom. The number of hydrogen-bond acceptors (Lipinski definition) is 2. The fraction of sp³-hybridized carbons (Fsp3) is 0.857. The van der Waals surface area contributed by atoms with Gasteiger partial charge in [0, 0.05) is 12.6 Å². The summed E-state index contributed by atoms with van der Waals surface area (Å²) in [6, 6.07) is 0.574. The van der Waals surface area contributed by atoms with Gasteiger partial charge < -0.3 is 10.2 Å². The van der Waals surface area contributed by atoms with Crippen LogP contribution in [-0.4, -0.2) is 37.5 Å². The van der Waals surface area contributed by atoms with Crippen LogP contribution in [0.4, 0.5) is 0 Å². The van der Waals surface area contributed by atoms with E-state index in [0.717, 1.165) is 13.0 Å². The van der Waals surface area contributed by atoms with Crippen LogP contribution < -0.4 is 5.32 Å². The minimum Gasteiger partial charge on any atom is -0.357 e. The third-order valence-corrected chi connectivity index (χ3v) is 2.11. The van der Waals surface area contributed by atoms with Gasteiger partial charge in [-0.2, -0.15) is 0 Å². The molecule has 1 unspecified atom stereocenters. The molecule has 0 aromatic rings. The summed E-state index contributed by atoms with van der Waals surface area (Å²) in [5.74, 6) is 0. The van der Waals surface area contributed by atoms with Crippen molar-refractivity contribution in [2.75, 3.05) is 20.1 Å². The summed E-state index contributed by atoms with van der Waals surface area (Å²) in [7, 11) is 2.10. The van der Waals surface area contributed by atoms with Crippen LogP contribution >= 0.6 is 0 Å². The van der Waals surface area contributed by atoms with Gasteiger partial charge in [0.25, 0.3) is 0 Å². The molecule has 1 amide bonds. The van der Waals surface area contributed by atoms with Crippen molar-refractivity contribution in [1.82, 2.24) is 10.2 Å². The minimum absolute atomic E-state index is 0.574. The Hall–Kier alpha value is -0.570. The Labute approximate surface area is 61.4 Å². The molecule has 0 bridgehead atoms. The summed E-state index contributed by atoms with van der Waals surface area (Å²) < 4.78 is 0. The van der Waals surface area contributed by atoms with Crippen LogP contribution in [0.2, 0.25) is 0 Å². The molecule has 1 atom stereocenters. The summed E-state index contributed by atoms with van der Waals surface area (Å²) in [5.41, 5.74) is 0. The van der Waals surface area contributed by atoms with Crippen molar-refractivity contribution >= 4 is 6.41 Å². The Kier molecular flexibility index (Phi) is 2.68. The van der Waals surface area contributed by atoms with Gasteiger partial charge in [0.1, 0.15) is 0 Å². The van der Waals surface area contributed by atoms with E-state index in [9.17, 15) is 4.79 Å². The lowest BCUT2D eigenvalue weighted by Crippen LogP contribution is -2.34. The molecule has 0 saturated carbocycles. The number of carbonyl (C=O) groups excluding carboxylic acids is 1. The van der Waals surface area contributed by atoms with Crippen molar-refractivity contribution in [3.05, 3.63) is 0 Å². The number of rotatable bonds is 3. The first-order valence-electron chi connectivity index (χ1n) is 3.72. The average Bonchev–Trinajstić information content (AvgIpc) is 2.31. The third kappa shape index (κ3) is 1.70. The standard InChI is InChI=1S/C7H14N2O/c1-9-4-2-3-7(9)5-8-6-10/h6-7H,2-5H2,1H3,(H,8,10). The number of nitrogens with one attached hydrogen (secondary N) is 1. The Bertz CT molecular complexity index is 116. The molecule has 1 N–H and O–H groups in total. The summed E-state index contributed by atoms with van der Waals surface area (Å²) in [5, 5.41) is 2.70. The number of hydrogen-bond donors (Lipinski definition) is 1. The van der Waals surface area contributed by atoms with Crippen LogP contribution in [0.5, 0.6) is 0 Å². The van der Waals surface area contributed by atoms with E-state index in [1.165, 1.54) is 19.4 Å². The van der Waals surface area contributed by atoms with Crippen LogP contribution in [0.3, 0.4) is 0 Å². The van der Waals surface area contributed by atoms with E-state index in [1.54, 1.807) is 0 Å². The first kappa shape index (κ1) is 7.54. The molecule has 0 spiro atoms. The van der Waals surface area contributed by atoms with E-state index in [2.05, 4.69) is 17.3 Å². The fourth-order valence-corrected chi connectivity index (χ4v) is 1.42. The second-order valence-corrected chi connectivity index (χ2v) is 2.80. The van der Waals surface area contributed by atoms with E-state index in [-0.39, 0.29) is 0 Å². The maximum Gasteiger partial charge on any atom is 0.207 e. The zero-order valence-electron chi connectivity index (χ0n) is 6.34. The molecule has 3 nitrogen and oxygen atoms in total. The van der Waals surface area contributed by atoms with Crippen LogP contribution in [0.25, 0.3) is 0 Å². The van der Waals surface area contributed by atoms with Crippen molar-refractivity contribution in [1.29, 1.82) is 0 Å². The lowest BCUT2D eigenvalue weighted by atomic mass is 10.2. The molecule has 1 aliphatic heterocycles. The third-order valence-electron chi connectivity index (χ3n) is 2.11. The van der Waals surface area contributed by atoms with Gasteiger partial charge in [-0.3, -0.25) is 4.79 Å².